The highest BCUT2D eigenvalue weighted by molar-refractivity contribution is 5.20. The fraction of sp³-hybridized carbons (Fsp3) is 0.667. The molecule has 2 rings (SSSR count). The summed E-state index contributed by atoms with van der Waals surface area (Å²) < 4.78 is 0. The molecule has 1 aliphatic carbocycles. The SMILES string of the molecule is CC(N)C(c1ccccc1)N(C)C1CCC(C)(C)CC1. The highest BCUT2D eigenvalue weighted by atomic mass is 15.2. The van der Waals surface area contributed by atoms with Crippen LogP contribution in [0.15, 0.2) is 30.3 Å². The Morgan fingerprint density at radius 3 is 2.20 bits per heavy atom. The van der Waals surface area contributed by atoms with E-state index in [1.165, 1.54) is 31.2 Å². The molecule has 1 aromatic carbocycles. The molecule has 1 aliphatic rings. The quantitative estimate of drug-likeness (QED) is 0.900. The van der Waals surface area contributed by atoms with Crippen molar-refractivity contribution in [2.75, 3.05) is 7.05 Å². The molecule has 0 aliphatic heterocycles. The third kappa shape index (κ3) is 3.62. The largest absolute Gasteiger partial charge is 0.326 e. The first-order valence-electron chi connectivity index (χ1n) is 7.93. The number of benzene rings is 1. The molecule has 1 aromatic rings. The molecule has 112 valence electrons. The van der Waals surface area contributed by atoms with Crippen molar-refractivity contribution >= 4 is 0 Å². The van der Waals surface area contributed by atoms with E-state index in [4.69, 9.17) is 5.73 Å². The minimum atomic E-state index is 0.150. The predicted molar refractivity (Wildman–Crippen MR) is 86.6 cm³/mol. The van der Waals surface area contributed by atoms with Crippen LogP contribution in [0.4, 0.5) is 0 Å². The summed E-state index contributed by atoms with van der Waals surface area (Å²) in [5.74, 6) is 0. The molecule has 0 aromatic heterocycles. The lowest BCUT2D eigenvalue weighted by molar-refractivity contribution is 0.0856. The van der Waals surface area contributed by atoms with Gasteiger partial charge < -0.3 is 5.73 Å². The van der Waals surface area contributed by atoms with E-state index in [9.17, 15) is 0 Å². The summed E-state index contributed by atoms with van der Waals surface area (Å²) >= 11 is 0. The lowest BCUT2D eigenvalue weighted by Gasteiger charge is -2.43. The highest BCUT2D eigenvalue weighted by Gasteiger charge is 2.32. The van der Waals surface area contributed by atoms with Crippen LogP contribution >= 0.6 is 0 Å². The van der Waals surface area contributed by atoms with Crippen molar-refractivity contribution < 1.29 is 0 Å². The number of nitrogens with zero attached hydrogens (tertiary/aromatic N) is 1. The summed E-state index contributed by atoms with van der Waals surface area (Å²) in [6.07, 6.45) is 5.23. The van der Waals surface area contributed by atoms with Gasteiger partial charge in [0.1, 0.15) is 0 Å². The van der Waals surface area contributed by atoms with E-state index in [-0.39, 0.29) is 6.04 Å². The minimum Gasteiger partial charge on any atom is -0.326 e. The van der Waals surface area contributed by atoms with Crippen molar-refractivity contribution in [3.63, 3.8) is 0 Å². The monoisotopic (exact) mass is 274 g/mol. The molecule has 0 bridgehead atoms. The molecule has 2 heteroatoms. The Morgan fingerprint density at radius 1 is 1.15 bits per heavy atom. The topological polar surface area (TPSA) is 29.3 Å². The fourth-order valence-electron chi connectivity index (χ4n) is 3.58. The van der Waals surface area contributed by atoms with Crippen molar-refractivity contribution in [3.05, 3.63) is 35.9 Å². The van der Waals surface area contributed by atoms with Crippen LogP contribution in [0.1, 0.15) is 58.1 Å². The molecular formula is C18H30N2. The molecular weight excluding hydrogens is 244 g/mol. The van der Waals surface area contributed by atoms with Crippen LogP contribution in [0.25, 0.3) is 0 Å². The van der Waals surface area contributed by atoms with E-state index in [2.05, 4.69) is 63.1 Å². The molecule has 2 nitrogen and oxygen atoms in total. The van der Waals surface area contributed by atoms with Crippen LogP contribution in [0.3, 0.4) is 0 Å². The molecule has 0 heterocycles. The Hall–Kier alpha value is -0.860. The van der Waals surface area contributed by atoms with Gasteiger partial charge in [-0.25, -0.2) is 0 Å². The smallest absolute Gasteiger partial charge is 0.0496 e. The second-order valence-corrected chi connectivity index (χ2v) is 7.28. The van der Waals surface area contributed by atoms with Gasteiger partial charge in [-0.1, -0.05) is 44.2 Å². The average molecular weight is 274 g/mol. The molecule has 1 fully saturated rings. The number of likely N-dealkylation sites (N-methyl/N-ethyl adjacent to an activating group) is 1. The Morgan fingerprint density at radius 2 is 1.70 bits per heavy atom. The van der Waals surface area contributed by atoms with E-state index in [1.807, 2.05) is 0 Å². The third-order valence-electron chi connectivity index (χ3n) is 4.96. The van der Waals surface area contributed by atoms with Crippen molar-refractivity contribution in [1.82, 2.24) is 4.90 Å². The van der Waals surface area contributed by atoms with Gasteiger partial charge >= 0.3 is 0 Å². The second-order valence-electron chi connectivity index (χ2n) is 7.28. The van der Waals surface area contributed by atoms with Gasteiger partial charge in [0.25, 0.3) is 0 Å². The van der Waals surface area contributed by atoms with Gasteiger partial charge in [0, 0.05) is 18.1 Å². The zero-order valence-corrected chi connectivity index (χ0v) is 13.5. The van der Waals surface area contributed by atoms with E-state index in [0.717, 1.165) is 0 Å². The standard InChI is InChI=1S/C18H30N2/c1-14(19)17(15-8-6-5-7-9-15)20(4)16-10-12-18(2,3)13-11-16/h5-9,14,16-17H,10-13,19H2,1-4H3. The Bertz CT molecular complexity index is 401. The van der Waals surface area contributed by atoms with E-state index >= 15 is 0 Å². The third-order valence-corrected chi connectivity index (χ3v) is 4.96. The molecule has 1 saturated carbocycles. The van der Waals surface area contributed by atoms with Gasteiger partial charge in [0.05, 0.1) is 0 Å². The summed E-state index contributed by atoms with van der Waals surface area (Å²) in [6, 6.07) is 11.9. The van der Waals surface area contributed by atoms with Gasteiger partial charge in [-0.2, -0.15) is 0 Å². The Balaban J connectivity index is 2.11. The normalized spacial score (nSPS) is 22.7. The van der Waals surface area contributed by atoms with Crippen LogP contribution in [-0.2, 0) is 0 Å². The summed E-state index contributed by atoms with van der Waals surface area (Å²) in [4.78, 5) is 2.52. The molecule has 20 heavy (non-hydrogen) atoms. The molecule has 2 N–H and O–H groups in total. The summed E-state index contributed by atoms with van der Waals surface area (Å²) in [5, 5.41) is 0. The number of hydrogen-bond acceptors (Lipinski definition) is 2. The van der Waals surface area contributed by atoms with Crippen LogP contribution in [0.5, 0.6) is 0 Å². The molecule has 0 radical (unpaired) electrons. The molecule has 2 unspecified atom stereocenters. The van der Waals surface area contributed by atoms with Crippen LogP contribution in [0, 0.1) is 5.41 Å². The summed E-state index contributed by atoms with van der Waals surface area (Å²) in [5.41, 5.74) is 8.15. The number of hydrogen-bond donors (Lipinski definition) is 1. The van der Waals surface area contributed by atoms with Crippen molar-refractivity contribution in [1.29, 1.82) is 0 Å². The van der Waals surface area contributed by atoms with Crippen molar-refractivity contribution in [2.24, 2.45) is 11.1 Å². The molecule has 2 atom stereocenters. The van der Waals surface area contributed by atoms with Gasteiger partial charge in [0.2, 0.25) is 0 Å². The first-order valence-corrected chi connectivity index (χ1v) is 7.93. The van der Waals surface area contributed by atoms with Gasteiger partial charge in [-0.15, -0.1) is 0 Å². The maximum absolute atomic E-state index is 6.29. The lowest BCUT2D eigenvalue weighted by atomic mass is 9.75. The van der Waals surface area contributed by atoms with Gasteiger partial charge in [-0.05, 0) is 50.6 Å². The Kier molecular flexibility index (Phi) is 4.87. The molecule has 0 spiro atoms. The Labute approximate surface area is 124 Å². The van der Waals surface area contributed by atoms with Crippen LogP contribution < -0.4 is 5.73 Å². The van der Waals surface area contributed by atoms with E-state index in [0.29, 0.717) is 17.5 Å². The van der Waals surface area contributed by atoms with Crippen LogP contribution in [0.2, 0.25) is 0 Å². The first-order chi connectivity index (χ1) is 9.41. The minimum absolute atomic E-state index is 0.150. The summed E-state index contributed by atoms with van der Waals surface area (Å²) in [6.45, 7) is 6.91. The molecule has 0 amide bonds. The zero-order valence-electron chi connectivity index (χ0n) is 13.5. The van der Waals surface area contributed by atoms with Gasteiger partial charge in [0.15, 0.2) is 0 Å². The van der Waals surface area contributed by atoms with E-state index < -0.39 is 0 Å². The van der Waals surface area contributed by atoms with E-state index in [1.54, 1.807) is 0 Å². The number of nitrogens with two attached hydrogens (primary N) is 1. The highest BCUT2D eigenvalue weighted by Crippen LogP contribution is 2.38. The second kappa shape index (κ2) is 6.28. The predicted octanol–water partition coefficient (Wildman–Crippen LogP) is 3.98. The average Bonchev–Trinajstić information content (AvgIpc) is 2.39. The summed E-state index contributed by atoms with van der Waals surface area (Å²) in [7, 11) is 2.25. The molecule has 0 saturated heterocycles. The van der Waals surface area contributed by atoms with Crippen molar-refractivity contribution in [2.45, 2.75) is 64.6 Å². The van der Waals surface area contributed by atoms with Crippen molar-refractivity contribution in [3.8, 4) is 0 Å². The first kappa shape index (κ1) is 15.5. The number of rotatable bonds is 4. The lowest BCUT2D eigenvalue weighted by Crippen LogP contribution is -2.45. The van der Waals surface area contributed by atoms with Crippen LogP contribution in [-0.4, -0.2) is 24.0 Å². The maximum atomic E-state index is 6.29. The zero-order chi connectivity index (χ0) is 14.8. The fourth-order valence-corrected chi connectivity index (χ4v) is 3.58. The maximum Gasteiger partial charge on any atom is 0.0496 e. The van der Waals surface area contributed by atoms with Gasteiger partial charge in [-0.3, -0.25) is 4.90 Å².